The Morgan fingerprint density at radius 3 is 1.62 bits per heavy atom. The quantitative estimate of drug-likeness (QED) is 0.359. The molecule has 0 aliphatic heterocycles. The molecule has 0 saturated carbocycles. The van der Waals surface area contributed by atoms with Crippen molar-refractivity contribution in [1.29, 1.82) is 0 Å². The van der Waals surface area contributed by atoms with Crippen molar-refractivity contribution in [2.75, 3.05) is 59.9 Å². The fourth-order valence-corrected chi connectivity index (χ4v) is 0.830. The lowest BCUT2D eigenvalue weighted by Gasteiger charge is -2.08. The minimum absolute atomic E-state index is 0.0557. The molecule has 0 saturated heterocycles. The van der Waals surface area contributed by atoms with Crippen LogP contribution >= 0.6 is 0 Å². The van der Waals surface area contributed by atoms with E-state index >= 15 is 0 Å². The van der Waals surface area contributed by atoms with Crippen LogP contribution in [0.5, 0.6) is 0 Å². The number of hydrogen-bond donors (Lipinski definition) is 2. The monoisotopic (exact) mass is 239 g/mol. The molecule has 0 amide bonds. The molecule has 0 heterocycles. The van der Waals surface area contributed by atoms with Crippen molar-refractivity contribution in [3.05, 3.63) is 0 Å². The van der Waals surface area contributed by atoms with Gasteiger partial charge in [0, 0.05) is 7.11 Å². The van der Waals surface area contributed by atoms with Gasteiger partial charge in [-0.15, -0.1) is 0 Å². The summed E-state index contributed by atoms with van der Waals surface area (Å²) in [5.41, 5.74) is 0. The summed E-state index contributed by atoms with van der Waals surface area (Å²) < 4.78 is 20.2. The van der Waals surface area contributed by atoms with Crippen molar-refractivity contribution in [1.82, 2.24) is 5.23 Å². The minimum atomic E-state index is 0.0557. The van der Waals surface area contributed by atoms with E-state index in [2.05, 4.69) is 0 Å². The van der Waals surface area contributed by atoms with Crippen molar-refractivity contribution in [2.24, 2.45) is 0 Å². The van der Waals surface area contributed by atoms with Gasteiger partial charge >= 0.3 is 0 Å². The summed E-state index contributed by atoms with van der Waals surface area (Å²) in [7, 11) is 1.62. The Bertz CT molecular complexity index is 135. The van der Waals surface area contributed by atoms with E-state index in [0.717, 1.165) is 0 Å². The van der Waals surface area contributed by atoms with Gasteiger partial charge in [-0.25, -0.2) is 0 Å². The number of hydrogen-bond acceptors (Lipinski definition) is 7. The van der Waals surface area contributed by atoms with E-state index < -0.39 is 0 Å². The first-order valence-corrected chi connectivity index (χ1v) is 5.15. The molecule has 16 heavy (non-hydrogen) atoms. The topological polar surface area (TPSA) is 80.6 Å². The summed E-state index contributed by atoms with van der Waals surface area (Å²) in [6.07, 6.45) is 0. The van der Waals surface area contributed by atoms with Crippen molar-refractivity contribution < 1.29 is 29.4 Å². The van der Waals surface area contributed by atoms with E-state index in [9.17, 15) is 0 Å². The van der Waals surface area contributed by atoms with Crippen LogP contribution in [-0.2, 0) is 18.9 Å². The predicted octanol–water partition coefficient (Wildman–Crippen LogP) is -0.237. The van der Waals surface area contributed by atoms with Gasteiger partial charge in [-0.1, -0.05) is 5.23 Å². The molecule has 0 rings (SSSR count). The third-order valence-corrected chi connectivity index (χ3v) is 1.61. The first-order chi connectivity index (χ1) is 7.77. The van der Waals surface area contributed by atoms with Crippen molar-refractivity contribution in [3.63, 3.8) is 0 Å². The molecule has 2 N–H and O–H groups in total. The smallest absolute Gasteiger partial charge is 0.0747 e. The summed E-state index contributed by atoms with van der Waals surface area (Å²) in [4.78, 5) is 0. The molecule has 0 bridgehead atoms. The first kappa shape index (κ1) is 15.7. The Morgan fingerprint density at radius 1 is 0.750 bits per heavy atom. The minimum Gasteiger partial charge on any atom is -0.382 e. The summed E-state index contributed by atoms with van der Waals surface area (Å²) in [6, 6.07) is 0. The fraction of sp³-hybridized carbons (Fsp3) is 1.00. The summed E-state index contributed by atoms with van der Waals surface area (Å²) in [6.45, 7) is 3.39. The van der Waals surface area contributed by atoms with Gasteiger partial charge < -0.3 is 18.9 Å². The largest absolute Gasteiger partial charge is 0.382 e. The summed E-state index contributed by atoms with van der Waals surface area (Å²) in [5, 5.41) is 16.8. The van der Waals surface area contributed by atoms with Crippen LogP contribution in [0.1, 0.15) is 0 Å². The zero-order valence-corrected chi connectivity index (χ0v) is 9.63. The highest BCUT2D eigenvalue weighted by atomic mass is 16.8. The van der Waals surface area contributed by atoms with Gasteiger partial charge in [0.1, 0.15) is 0 Å². The van der Waals surface area contributed by atoms with E-state index in [1.165, 1.54) is 0 Å². The molecule has 0 aromatic heterocycles. The number of nitrogens with zero attached hydrogens (tertiary/aromatic N) is 1. The maximum absolute atomic E-state index is 8.35. The van der Waals surface area contributed by atoms with Crippen LogP contribution in [0.25, 0.3) is 0 Å². The van der Waals surface area contributed by atoms with Crippen molar-refractivity contribution in [3.8, 4) is 0 Å². The second-order valence-electron chi connectivity index (χ2n) is 2.93. The molecule has 0 aromatic rings. The molecule has 0 radical (unpaired) electrons. The lowest BCUT2D eigenvalue weighted by molar-refractivity contribution is -0.310. The molecular weight excluding hydrogens is 218 g/mol. The SMILES string of the molecule is COCCOCCOCCOCCN(O)O. The molecule has 0 spiro atoms. The van der Waals surface area contributed by atoms with Gasteiger partial charge in [-0.2, -0.15) is 0 Å². The second-order valence-corrected chi connectivity index (χ2v) is 2.93. The lowest BCUT2D eigenvalue weighted by Crippen LogP contribution is -2.20. The fourth-order valence-electron chi connectivity index (χ4n) is 0.830. The highest BCUT2D eigenvalue weighted by Crippen LogP contribution is 1.82. The first-order valence-electron chi connectivity index (χ1n) is 5.15. The summed E-state index contributed by atoms with van der Waals surface area (Å²) in [5.74, 6) is 0. The van der Waals surface area contributed by atoms with Gasteiger partial charge in [0.15, 0.2) is 0 Å². The molecule has 0 aliphatic carbocycles. The highest BCUT2D eigenvalue weighted by Gasteiger charge is 1.94. The van der Waals surface area contributed by atoms with Crippen LogP contribution in [0.4, 0.5) is 0 Å². The van der Waals surface area contributed by atoms with Crippen LogP contribution in [0.3, 0.4) is 0 Å². The van der Waals surface area contributed by atoms with Crippen LogP contribution < -0.4 is 0 Å². The summed E-state index contributed by atoms with van der Waals surface area (Å²) >= 11 is 0. The van der Waals surface area contributed by atoms with Gasteiger partial charge in [0.25, 0.3) is 0 Å². The zero-order chi connectivity index (χ0) is 12.1. The van der Waals surface area contributed by atoms with Gasteiger partial charge in [0.2, 0.25) is 0 Å². The standard InChI is InChI=1S/C9H21NO6/c1-13-4-5-15-8-9-16-7-6-14-3-2-10(11)12/h11-12H,2-9H2,1H3. The van der Waals surface area contributed by atoms with Gasteiger partial charge in [0.05, 0.1) is 52.8 Å². The van der Waals surface area contributed by atoms with Gasteiger partial charge in [-0.05, 0) is 0 Å². The Kier molecular flexibility index (Phi) is 12.6. The maximum atomic E-state index is 8.35. The lowest BCUT2D eigenvalue weighted by atomic mass is 10.7. The molecule has 7 heteroatoms. The van der Waals surface area contributed by atoms with Crippen LogP contribution in [-0.4, -0.2) is 75.5 Å². The predicted molar refractivity (Wildman–Crippen MR) is 54.6 cm³/mol. The molecule has 98 valence electrons. The second kappa shape index (κ2) is 12.8. The Balaban J connectivity index is 2.88. The van der Waals surface area contributed by atoms with Gasteiger partial charge in [-0.3, -0.25) is 10.4 Å². The van der Waals surface area contributed by atoms with E-state index in [-0.39, 0.29) is 18.4 Å². The number of ether oxygens (including phenoxy) is 4. The number of hydroxylamine groups is 2. The van der Waals surface area contributed by atoms with Crippen LogP contribution in [0.15, 0.2) is 0 Å². The van der Waals surface area contributed by atoms with Crippen LogP contribution in [0.2, 0.25) is 0 Å². The molecule has 0 atom stereocenters. The normalized spacial score (nSPS) is 11.2. The zero-order valence-electron chi connectivity index (χ0n) is 9.63. The molecule has 0 fully saturated rings. The van der Waals surface area contributed by atoms with E-state index in [1.807, 2.05) is 0 Å². The Labute approximate surface area is 95.4 Å². The van der Waals surface area contributed by atoms with E-state index in [0.29, 0.717) is 39.6 Å². The maximum Gasteiger partial charge on any atom is 0.0747 e. The number of methoxy groups -OCH3 is 1. The van der Waals surface area contributed by atoms with E-state index in [4.69, 9.17) is 29.4 Å². The molecule has 0 aromatic carbocycles. The average Bonchev–Trinajstić information content (AvgIpc) is 2.25. The number of rotatable bonds is 12. The average molecular weight is 239 g/mol. The van der Waals surface area contributed by atoms with Crippen LogP contribution in [0, 0.1) is 0 Å². The highest BCUT2D eigenvalue weighted by molar-refractivity contribution is 4.35. The molecule has 7 nitrogen and oxygen atoms in total. The van der Waals surface area contributed by atoms with Crippen molar-refractivity contribution in [2.45, 2.75) is 0 Å². The Hall–Kier alpha value is -0.280. The van der Waals surface area contributed by atoms with E-state index in [1.54, 1.807) is 7.11 Å². The van der Waals surface area contributed by atoms with Crippen molar-refractivity contribution >= 4 is 0 Å². The Morgan fingerprint density at radius 2 is 1.19 bits per heavy atom. The molecule has 0 aliphatic rings. The third kappa shape index (κ3) is 13.7. The molecular formula is C9H21NO6. The third-order valence-electron chi connectivity index (χ3n) is 1.61. The molecule has 0 unspecified atom stereocenters.